The van der Waals surface area contributed by atoms with E-state index >= 15 is 0 Å². The Hall–Kier alpha value is -18.9. The monoisotopic (exact) mass is 1850 g/mol. The highest BCUT2D eigenvalue weighted by atomic mass is 15.1. The Morgan fingerprint density at radius 1 is 0.153 bits per heavy atom. The summed E-state index contributed by atoms with van der Waals surface area (Å²) in [6.07, 6.45) is 0. The molecule has 0 N–H and O–H groups in total. The molecule has 686 valence electrons. The third-order valence-corrected chi connectivity index (χ3v) is 25.8. The number of benzene rings is 19. The summed E-state index contributed by atoms with van der Waals surface area (Å²) in [5.41, 5.74) is 27.2. The second kappa shape index (κ2) is 40.6. The van der Waals surface area contributed by atoms with E-state index in [4.69, 9.17) is 19.9 Å². The van der Waals surface area contributed by atoms with Gasteiger partial charge in [-0.1, -0.05) is 406 Å². The van der Waals surface area contributed by atoms with Crippen molar-refractivity contribution in [3.8, 4) is 102 Å². The van der Waals surface area contributed by atoms with Crippen molar-refractivity contribution in [3.63, 3.8) is 0 Å². The highest BCUT2D eigenvalue weighted by Gasteiger charge is 2.22. The minimum absolute atomic E-state index is 0.700. The fourth-order valence-corrected chi connectivity index (χ4v) is 19.2. The first-order chi connectivity index (χ1) is 70.9. The Morgan fingerprint density at radius 3 is 0.854 bits per heavy atom. The second-order valence-corrected chi connectivity index (χ2v) is 35.5. The molecule has 14 nitrogen and oxygen atoms in total. The smallest absolute Gasteiger partial charge is 0.163 e. The molecule has 27 rings (SSSR count). The maximum atomic E-state index is 5.18. The van der Waals surface area contributed by atoms with Gasteiger partial charge in [0.2, 0.25) is 0 Å². The maximum absolute atomic E-state index is 5.18. The predicted octanol–water partition coefficient (Wildman–Crippen LogP) is 32.3. The van der Waals surface area contributed by atoms with Crippen molar-refractivity contribution >= 4 is 120 Å². The Labute approximate surface area is 833 Å². The lowest BCUT2D eigenvalue weighted by Crippen LogP contribution is -2.06. The number of aryl methyl sites for hydroxylation is 6. The second-order valence-electron chi connectivity index (χ2n) is 35.5. The zero-order valence-corrected chi connectivity index (χ0v) is 80.3. The molecule has 0 fully saturated rings. The van der Waals surface area contributed by atoms with E-state index in [2.05, 4.69) is 408 Å². The molecule has 19 aromatic carbocycles. The van der Waals surface area contributed by atoms with E-state index in [1.54, 1.807) is 0 Å². The SMILES string of the molecule is Cc1ccc(-c2nc(-n3c4ccccc4c4ccccc43)cc(-n3c4ccccc4c4ccccc43)n2)cc1.Cc1nc(-c2ccc(-c3ccccc3)cc2)c2ccccc2n1.Cc1nc(-c2ccc3ccccc3c2)c2ccccc2n1.Cc1nc(-c2cccc(-c3ccccc3)c2)c2ccccc2n1.Cc1nc(-c2cccc3ccccc23)c2ccccc2n1.Cc1nc(-c2ccccc2)c2ccccc2n1. The van der Waals surface area contributed by atoms with Crippen molar-refractivity contribution in [2.24, 2.45) is 0 Å². The molecular weight excluding hydrogens is 1760 g/mol. The van der Waals surface area contributed by atoms with Crippen LogP contribution < -0.4 is 0 Å². The molecule has 0 saturated carbocycles. The molecule has 0 atom stereocenters. The lowest BCUT2D eigenvalue weighted by molar-refractivity contribution is 0.994. The lowest BCUT2D eigenvalue weighted by atomic mass is 9.99. The number of hydrogen-bond donors (Lipinski definition) is 0. The first-order valence-corrected chi connectivity index (χ1v) is 48.3. The van der Waals surface area contributed by atoms with Gasteiger partial charge in [0.1, 0.15) is 40.8 Å². The average molecular weight is 1850 g/mol. The summed E-state index contributed by atoms with van der Waals surface area (Å²) in [6.45, 7) is 11.8. The zero-order chi connectivity index (χ0) is 97.4. The molecule has 0 amide bonds. The van der Waals surface area contributed by atoms with Gasteiger partial charge in [-0.05, 0) is 152 Å². The van der Waals surface area contributed by atoms with Crippen molar-refractivity contribution in [2.75, 3.05) is 0 Å². The summed E-state index contributed by atoms with van der Waals surface area (Å²) in [5.74, 6) is 6.39. The van der Waals surface area contributed by atoms with Crippen LogP contribution >= 0.6 is 0 Å². The summed E-state index contributed by atoms with van der Waals surface area (Å²) >= 11 is 0. The van der Waals surface area contributed by atoms with Crippen molar-refractivity contribution in [2.45, 2.75) is 41.5 Å². The molecule has 8 aromatic heterocycles. The first kappa shape index (κ1) is 90.2. The summed E-state index contributed by atoms with van der Waals surface area (Å²) in [5, 5.41) is 15.2. The standard InChI is InChI=1S/C35H24N4.2C21H16N2.2C19H14N2.C15H12N2/c1-23-18-20-24(21-19-23)35-36-33(38-29-14-6-2-10-25(29)26-11-3-7-15-30(26)38)22-34(37-35)39-31-16-8-4-12-27(31)28-13-5-9-17-32(28)39;1-15-22-20-13-6-5-12-19(20)21(23-15)18-11-7-10-17(14-18)16-8-3-2-4-9-16;1-15-22-20-10-6-5-9-19(20)21(23-15)18-13-11-17(12-14-18)16-7-3-2-4-8-16;1-13-20-18-12-5-4-10-17(18)19(21-13)16-11-6-8-14-7-2-3-9-15(14)16;1-13-20-18-9-5-4-8-17(18)19(21-13)16-11-10-14-6-2-3-7-15(14)12-16;1-11-16-14-10-6-5-9-13(14)15(17-11)12-7-3-2-4-8-12/h2-22H,1H3;2*2-14H,1H3;2*2-12H,1H3;2-10H,1H3. The highest BCUT2D eigenvalue weighted by Crippen LogP contribution is 2.40. The number of para-hydroxylation sites is 9. The van der Waals surface area contributed by atoms with Gasteiger partial charge in [-0.15, -0.1) is 0 Å². The van der Waals surface area contributed by atoms with Gasteiger partial charge in [-0.3, -0.25) is 9.13 Å². The van der Waals surface area contributed by atoms with E-state index < -0.39 is 0 Å². The predicted molar refractivity (Wildman–Crippen MR) is 595 cm³/mol. The number of nitrogens with zero attached hydrogens (tertiary/aromatic N) is 14. The molecule has 0 saturated heterocycles. The van der Waals surface area contributed by atoms with Gasteiger partial charge in [0, 0.05) is 87.9 Å². The van der Waals surface area contributed by atoms with E-state index in [-0.39, 0.29) is 0 Å². The number of hydrogen-bond acceptors (Lipinski definition) is 12. The van der Waals surface area contributed by atoms with Crippen LogP contribution in [0.3, 0.4) is 0 Å². The molecule has 27 aromatic rings. The zero-order valence-electron chi connectivity index (χ0n) is 80.3. The normalized spacial score (nSPS) is 11.1. The van der Waals surface area contributed by atoms with Crippen LogP contribution in [0, 0.1) is 41.5 Å². The average Bonchev–Trinajstić information content (AvgIpc) is 1.58. The highest BCUT2D eigenvalue weighted by molar-refractivity contribution is 6.11. The van der Waals surface area contributed by atoms with E-state index in [1.807, 2.05) is 156 Å². The topological polar surface area (TPSA) is 165 Å². The molecule has 0 aliphatic carbocycles. The molecule has 144 heavy (non-hydrogen) atoms. The minimum Gasteiger partial charge on any atom is -0.294 e. The van der Waals surface area contributed by atoms with Crippen LogP contribution in [-0.4, -0.2) is 68.9 Å². The van der Waals surface area contributed by atoms with Gasteiger partial charge < -0.3 is 0 Å². The van der Waals surface area contributed by atoms with E-state index in [9.17, 15) is 0 Å². The van der Waals surface area contributed by atoms with Crippen LogP contribution in [0.2, 0.25) is 0 Å². The molecule has 8 heterocycles. The molecule has 0 aliphatic rings. The van der Waals surface area contributed by atoms with Gasteiger partial charge in [0.05, 0.1) is 78.1 Å². The van der Waals surface area contributed by atoms with Gasteiger partial charge >= 0.3 is 0 Å². The van der Waals surface area contributed by atoms with Gasteiger partial charge in [0.15, 0.2) is 5.82 Å². The summed E-state index contributed by atoms with van der Waals surface area (Å²) < 4.78 is 4.53. The Morgan fingerprint density at radius 2 is 0.424 bits per heavy atom. The van der Waals surface area contributed by atoms with Gasteiger partial charge in [0.25, 0.3) is 0 Å². The quantitative estimate of drug-likeness (QED) is 0.127. The van der Waals surface area contributed by atoms with Crippen LogP contribution in [0.15, 0.2) is 473 Å². The van der Waals surface area contributed by atoms with Gasteiger partial charge in [-0.2, -0.15) is 0 Å². The Bertz CT molecular complexity index is 9170. The van der Waals surface area contributed by atoms with Crippen LogP contribution in [0.4, 0.5) is 0 Å². The van der Waals surface area contributed by atoms with Crippen LogP contribution in [-0.2, 0) is 0 Å². The van der Waals surface area contributed by atoms with E-state index in [0.717, 1.165) is 179 Å². The first-order valence-electron chi connectivity index (χ1n) is 48.3. The van der Waals surface area contributed by atoms with Crippen molar-refractivity contribution in [1.82, 2.24) is 68.9 Å². The molecular formula is C130H96N14. The number of fused-ring (bicyclic) bond motifs is 13. The third-order valence-electron chi connectivity index (χ3n) is 25.8. The molecule has 0 bridgehead atoms. The molecule has 0 unspecified atom stereocenters. The summed E-state index contributed by atoms with van der Waals surface area (Å²) in [6, 6.07) is 163. The van der Waals surface area contributed by atoms with E-state index in [0.29, 0.717) is 5.82 Å². The molecule has 0 spiro atoms. The molecule has 0 aliphatic heterocycles. The van der Waals surface area contributed by atoms with Crippen molar-refractivity contribution in [3.05, 3.63) is 508 Å². The van der Waals surface area contributed by atoms with E-state index in [1.165, 1.54) is 70.9 Å². The Kier molecular flexibility index (Phi) is 25.5. The maximum Gasteiger partial charge on any atom is 0.163 e. The number of rotatable bonds is 10. The van der Waals surface area contributed by atoms with Crippen molar-refractivity contribution < 1.29 is 0 Å². The van der Waals surface area contributed by atoms with Crippen LogP contribution in [0.25, 0.3) is 221 Å². The largest absolute Gasteiger partial charge is 0.294 e. The third kappa shape index (κ3) is 19.0. The fraction of sp³-hybridized carbons (Fsp3) is 0.0462. The van der Waals surface area contributed by atoms with Crippen LogP contribution in [0.5, 0.6) is 0 Å². The fourth-order valence-electron chi connectivity index (χ4n) is 19.2. The lowest BCUT2D eigenvalue weighted by Gasteiger charge is -2.14. The summed E-state index contributed by atoms with van der Waals surface area (Å²) in [4.78, 5) is 56.2. The van der Waals surface area contributed by atoms with Crippen molar-refractivity contribution in [1.29, 1.82) is 0 Å². The van der Waals surface area contributed by atoms with Gasteiger partial charge in [-0.25, -0.2) is 59.8 Å². The Balaban J connectivity index is 0.000000101. The molecule has 14 heteroatoms. The number of aromatic nitrogens is 14. The molecule has 0 radical (unpaired) electrons. The van der Waals surface area contributed by atoms with Crippen LogP contribution in [0.1, 0.15) is 34.7 Å². The summed E-state index contributed by atoms with van der Waals surface area (Å²) in [7, 11) is 0. The minimum atomic E-state index is 0.700.